The molecule has 456 valence electrons. The second-order valence-electron chi connectivity index (χ2n) is 19.7. The molecule has 4 aromatic rings. The number of para-hydroxylation sites is 1. The first kappa shape index (κ1) is 64.8. The van der Waals surface area contributed by atoms with E-state index in [1.807, 2.05) is 0 Å². The average Bonchev–Trinajstić information content (AvgIpc) is 3.65. The van der Waals surface area contributed by atoms with Crippen LogP contribution in [0, 0.1) is 0 Å². The highest BCUT2D eigenvalue weighted by Crippen LogP contribution is 2.25. The number of aliphatic carboxylic acids is 1. The lowest BCUT2D eigenvalue weighted by Crippen LogP contribution is -2.61. The molecule has 4 heterocycles. The summed E-state index contributed by atoms with van der Waals surface area (Å²) in [5.74, 6) is -11.1. The van der Waals surface area contributed by atoms with Crippen molar-refractivity contribution in [1.82, 2.24) is 62.4 Å². The molecule has 21 N–H and O–H groups in total. The van der Waals surface area contributed by atoms with Crippen LogP contribution in [-0.2, 0) is 67.2 Å². The van der Waals surface area contributed by atoms with Crippen LogP contribution in [0.15, 0.2) is 83.3 Å². The van der Waals surface area contributed by atoms with Crippen molar-refractivity contribution in [3.05, 3.63) is 90.1 Å². The van der Waals surface area contributed by atoms with Crippen LogP contribution in [0.3, 0.4) is 0 Å². The summed E-state index contributed by atoms with van der Waals surface area (Å²) in [7, 11) is 1.78. The van der Waals surface area contributed by atoms with Crippen molar-refractivity contribution in [2.75, 3.05) is 31.1 Å². The lowest BCUT2D eigenvalue weighted by Gasteiger charge is -2.28. The van der Waals surface area contributed by atoms with Crippen LogP contribution in [0.1, 0.15) is 55.3 Å². The minimum absolute atomic E-state index is 0.0120. The van der Waals surface area contributed by atoms with Crippen molar-refractivity contribution in [1.29, 1.82) is 0 Å². The summed E-state index contributed by atoms with van der Waals surface area (Å²) in [5.41, 5.74) is 30.1. The molecule has 2 aliphatic rings. The summed E-state index contributed by atoms with van der Waals surface area (Å²) < 4.78 is 0. The largest absolute Gasteiger partial charge is 0.481 e. The summed E-state index contributed by atoms with van der Waals surface area (Å²) in [4.78, 5) is 172. The Balaban J connectivity index is 1.42. The number of urea groups is 1. The van der Waals surface area contributed by atoms with Gasteiger partial charge in [0.1, 0.15) is 48.3 Å². The van der Waals surface area contributed by atoms with Crippen LogP contribution in [0.2, 0.25) is 0 Å². The first-order valence-corrected chi connectivity index (χ1v) is 29.3. The molecule has 2 saturated heterocycles. The van der Waals surface area contributed by atoms with Crippen LogP contribution in [0.25, 0.3) is 10.9 Å². The SMILES string of the molecule is NC(=O)[C@@H]1CSSC[C@H](NC(=O)[C@@H](CCCN=C(N)N)N2C(=O)CNC2=O)C(=O)N[C@@H](CCC(=O)O)C(=O)N[C@@H](Cc2cnc[nH]2)C(=O)N[C@H](Cc2ccccc2)C(=O)N[C@@H](CCCN=C(N)N)C(=O)N[C@@H](Cc2c[nH]c3ccccc23)C(=O)N1. The fraction of sp³-hybridized carbons (Fsp3) is 0.423. The Labute approximate surface area is 493 Å². The number of imidazole rings is 1. The summed E-state index contributed by atoms with van der Waals surface area (Å²) in [6.07, 6.45) is 2.25. The van der Waals surface area contributed by atoms with Crippen molar-refractivity contribution >= 4 is 110 Å². The Kier molecular flexibility index (Phi) is 24.3. The van der Waals surface area contributed by atoms with E-state index >= 15 is 0 Å². The highest BCUT2D eigenvalue weighted by atomic mass is 33.1. The summed E-state index contributed by atoms with van der Waals surface area (Å²) in [5, 5.41) is 31.3. The maximum absolute atomic E-state index is 14.8. The first-order chi connectivity index (χ1) is 40.7. The van der Waals surface area contributed by atoms with Gasteiger partial charge in [-0.1, -0.05) is 70.1 Å². The Morgan fingerprint density at radius 2 is 1.25 bits per heavy atom. The molecule has 2 aromatic heterocycles. The van der Waals surface area contributed by atoms with Gasteiger partial charge in [-0.15, -0.1) is 0 Å². The van der Waals surface area contributed by atoms with Crippen LogP contribution in [0.4, 0.5) is 4.79 Å². The number of guanidine groups is 2. The lowest BCUT2D eigenvalue weighted by molar-refractivity contribution is -0.139. The fourth-order valence-electron chi connectivity index (χ4n) is 9.06. The Morgan fingerprint density at radius 1 is 0.671 bits per heavy atom. The zero-order valence-corrected chi connectivity index (χ0v) is 47.5. The number of nitrogens with zero attached hydrogens (tertiary/aromatic N) is 4. The number of carbonyl (C=O) groups is 11. The number of aromatic amines is 2. The van der Waals surface area contributed by atoms with Gasteiger partial charge in [0.05, 0.1) is 12.9 Å². The molecule has 0 unspecified atom stereocenters. The number of primary amides is 1. The molecule has 0 spiro atoms. The maximum atomic E-state index is 14.8. The quantitative estimate of drug-likeness (QED) is 0.0125. The predicted octanol–water partition coefficient (Wildman–Crippen LogP) is -3.91. The minimum atomic E-state index is -1.74. The third-order valence-corrected chi connectivity index (χ3v) is 15.8. The molecule has 0 aliphatic carbocycles. The molecule has 85 heavy (non-hydrogen) atoms. The minimum Gasteiger partial charge on any atom is -0.481 e. The van der Waals surface area contributed by atoms with E-state index in [2.05, 4.69) is 67.5 Å². The molecular formula is C52H69N19O12S2. The Hall–Kier alpha value is -9.40. The van der Waals surface area contributed by atoms with E-state index in [0.717, 1.165) is 21.6 Å². The second-order valence-corrected chi connectivity index (χ2v) is 22.3. The molecule has 0 bridgehead atoms. The summed E-state index contributed by atoms with van der Waals surface area (Å²) >= 11 is 0. The molecule has 0 radical (unpaired) electrons. The number of hydrogen-bond acceptors (Lipinski definition) is 16. The van der Waals surface area contributed by atoms with Gasteiger partial charge in [-0.2, -0.15) is 0 Å². The molecule has 11 amide bonds. The number of benzene rings is 2. The van der Waals surface area contributed by atoms with E-state index in [1.54, 1.807) is 60.8 Å². The number of carbonyl (C=O) groups excluding carboxylic acids is 10. The molecule has 31 nitrogen and oxygen atoms in total. The van der Waals surface area contributed by atoms with Crippen molar-refractivity contribution in [2.24, 2.45) is 38.7 Å². The van der Waals surface area contributed by atoms with Gasteiger partial charge in [-0.05, 0) is 49.3 Å². The van der Waals surface area contributed by atoms with Gasteiger partial charge in [-0.25, -0.2) is 9.78 Å². The number of nitrogens with two attached hydrogens (primary N) is 5. The highest BCUT2D eigenvalue weighted by molar-refractivity contribution is 8.76. The Bertz CT molecular complexity index is 3090. The monoisotopic (exact) mass is 1220 g/mol. The van der Waals surface area contributed by atoms with Gasteiger partial charge >= 0.3 is 12.0 Å². The number of aromatic nitrogens is 3. The molecule has 33 heteroatoms. The standard InChI is InChI=1S/C52H69N19O12S2/c53-42(75)37-24-84-85-25-38(70-49(82)39(13-7-17-60-51(56)57)71-40(72)23-62-52(71)83)48(81)65-33(14-15-41(73)74)44(77)68-36(20-29-22-58-26-63-29)47(80)66-34(18-27-8-2-1-3-9-27)45(78)64-32(12-6-16-59-50(54)55)43(76)67-35(46(79)69-37)19-28-21-61-31-11-5-4-10-30(28)31/h1-5,8-11,21-22,26,32-39,61H,6-7,12-20,23-25H2,(H2,53,75)(H,58,63)(H,62,83)(H,64,78)(H,65,81)(H,66,80)(H,67,76)(H,68,77)(H,69,79)(H,70,82)(H,73,74)(H4,54,55,59)(H4,56,57,60)/t32-,33-,34+,35-,36-,37-,38-,39+/m0/s1. The zero-order chi connectivity index (χ0) is 61.6. The van der Waals surface area contributed by atoms with Gasteiger partial charge in [0.15, 0.2) is 11.9 Å². The van der Waals surface area contributed by atoms with Gasteiger partial charge in [0.25, 0.3) is 5.91 Å². The van der Waals surface area contributed by atoms with Crippen LogP contribution >= 0.6 is 21.6 Å². The number of carboxylic acid groups (broad SMARTS) is 1. The normalized spacial score (nSPS) is 21.8. The number of imide groups is 1. The van der Waals surface area contributed by atoms with Crippen molar-refractivity contribution in [2.45, 2.75) is 106 Å². The van der Waals surface area contributed by atoms with E-state index in [4.69, 9.17) is 28.7 Å². The number of aliphatic imine (C=N–C) groups is 2. The number of amides is 11. The van der Waals surface area contributed by atoms with Crippen LogP contribution in [0.5, 0.6) is 0 Å². The van der Waals surface area contributed by atoms with E-state index in [9.17, 15) is 57.8 Å². The maximum Gasteiger partial charge on any atom is 0.325 e. The predicted molar refractivity (Wildman–Crippen MR) is 313 cm³/mol. The molecule has 2 aromatic carbocycles. The van der Waals surface area contributed by atoms with Gasteiger partial charge < -0.3 is 86.3 Å². The molecule has 2 fully saturated rings. The van der Waals surface area contributed by atoms with E-state index < -0.39 is 139 Å². The third kappa shape index (κ3) is 19.9. The number of carboxylic acids is 1. The molecule has 6 rings (SSSR count). The molecule has 8 atom stereocenters. The number of H-pyrrole nitrogens is 2. The summed E-state index contributed by atoms with van der Waals surface area (Å²) in [6.45, 7) is -0.454. The number of nitrogens with one attached hydrogen (secondary N) is 10. The topological polar surface area (TPSA) is 507 Å². The molecule has 2 aliphatic heterocycles. The Morgan fingerprint density at radius 3 is 1.87 bits per heavy atom. The highest BCUT2D eigenvalue weighted by Gasteiger charge is 2.41. The number of fused-ring (bicyclic) bond motifs is 1. The van der Waals surface area contributed by atoms with E-state index in [0.29, 0.717) is 32.6 Å². The molecular weight excluding hydrogens is 1150 g/mol. The first-order valence-electron chi connectivity index (χ1n) is 26.8. The van der Waals surface area contributed by atoms with Gasteiger partial charge in [0, 0.05) is 79.3 Å². The second kappa shape index (κ2) is 31.9. The van der Waals surface area contributed by atoms with Gasteiger partial charge in [-0.3, -0.25) is 62.8 Å². The molecule has 0 saturated carbocycles. The van der Waals surface area contributed by atoms with Crippen molar-refractivity contribution in [3.8, 4) is 0 Å². The van der Waals surface area contributed by atoms with E-state index in [-0.39, 0.29) is 75.7 Å². The van der Waals surface area contributed by atoms with E-state index in [1.165, 1.54) is 12.5 Å². The smallest absolute Gasteiger partial charge is 0.325 e. The van der Waals surface area contributed by atoms with Crippen molar-refractivity contribution in [3.63, 3.8) is 0 Å². The van der Waals surface area contributed by atoms with Crippen molar-refractivity contribution < 1.29 is 57.8 Å². The lowest BCUT2D eigenvalue weighted by atomic mass is 10.0. The van der Waals surface area contributed by atoms with Crippen LogP contribution < -0.4 is 71.2 Å². The zero-order valence-electron chi connectivity index (χ0n) is 45.9. The fourth-order valence-corrected chi connectivity index (χ4v) is 11.4. The summed E-state index contributed by atoms with van der Waals surface area (Å²) in [6, 6.07) is 2.35. The number of rotatable bonds is 21. The third-order valence-electron chi connectivity index (χ3n) is 13.4. The van der Waals surface area contributed by atoms with Gasteiger partial charge in [0.2, 0.25) is 47.3 Å². The van der Waals surface area contributed by atoms with Crippen LogP contribution in [-0.4, -0.2) is 182 Å². The average molecular weight is 1220 g/mol. The number of hydrogen-bond donors (Lipinski definition) is 16.